The molecule has 1 aliphatic heterocycles. The first-order chi connectivity index (χ1) is 20.5. The van der Waals surface area contributed by atoms with Gasteiger partial charge in [0.05, 0.1) is 22.7 Å². The van der Waals surface area contributed by atoms with Crippen molar-refractivity contribution >= 4 is 22.8 Å². The highest BCUT2D eigenvalue weighted by molar-refractivity contribution is 5.91. The first-order valence-electron chi connectivity index (χ1n) is 15.6. The molecule has 0 radical (unpaired) electrons. The molecule has 42 heavy (non-hydrogen) atoms. The molecule has 1 saturated heterocycles. The van der Waals surface area contributed by atoms with Crippen molar-refractivity contribution in [2.45, 2.75) is 71.1 Å². The van der Waals surface area contributed by atoms with E-state index in [-0.39, 0.29) is 17.6 Å². The second-order valence-corrected chi connectivity index (χ2v) is 11.9. The number of amides is 1. The van der Waals surface area contributed by atoms with Gasteiger partial charge >= 0.3 is 0 Å². The Morgan fingerprint density at radius 2 is 1.69 bits per heavy atom. The zero-order valence-corrected chi connectivity index (χ0v) is 24.8. The number of benzene rings is 2. The average Bonchev–Trinajstić information content (AvgIpc) is 3.17. The van der Waals surface area contributed by atoms with E-state index in [0.717, 1.165) is 72.0 Å². The predicted octanol–water partition coefficient (Wildman–Crippen LogP) is 6.62. The third-order valence-electron chi connectivity index (χ3n) is 9.01. The predicted molar refractivity (Wildman–Crippen MR) is 165 cm³/mol. The minimum absolute atomic E-state index is 0.123. The molecule has 1 aliphatic carbocycles. The highest BCUT2D eigenvalue weighted by Crippen LogP contribution is 2.32. The van der Waals surface area contributed by atoms with Crippen LogP contribution in [-0.4, -0.2) is 56.7 Å². The number of anilines is 1. The Kier molecular flexibility index (Phi) is 8.49. The van der Waals surface area contributed by atoms with E-state index >= 15 is 0 Å². The van der Waals surface area contributed by atoms with Gasteiger partial charge in [-0.15, -0.1) is 0 Å². The van der Waals surface area contributed by atoms with Gasteiger partial charge in [0.2, 0.25) is 5.91 Å². The van der Waals surface area contributed by atoms with Crippen molar-refractivity contribution < 1.29 is 9.18 Å². The Labute approximate surface area is 247 Å². The summed E-state index contributed by atoms with van der Waals surface area (Å²) in [4.78, 5) is 28.4. The topological polar surface area (TPSA) is 67.2 Å². The molecule has 220 valence electrons. The molecule has 1 amide bonds. The summed E-state index contributed by atoms with van der Waals surface area (Å²) in [7, 11) is 0. The lowest BCUT2D eigenvalue weighted by atomic mass is 9.87. The number of aromatic nitrogens is 4. The van der Waals surface area contributed by atoms with E-state index in [9.17, 15) is 9.18 Å². The third kappa shape index (κ3) is 5.90. The molecular weight excluding hydrogens is 527 g/mol. The monoisotopic (exact) mass is 568 g/mol. The molecule has 2 aliphatic rings. The Morgan fingerprint density at radius 3 is 2.43 bits per heavy atom. The number of nitrogens with zero attached hydrogens (tertiary/aromatic N) is 6. The molecule has 3 heterocycles. The standard InChI is InChI=1S/C34H41FN6O/c1-3-29(26-13-8-5-9-14-26)34(42)40-20-10-19-39(21-22-40)32-31-24(2)38-41(28-17-15-27(35)16-18-28)33(31)37-30(36-32)23-25-11-6-4-7-12-25/h5,8-9,13-18,25,29H,3-4,6-7,10-12,19-23H2,1-2H3/t29-/m0/s1. The van der Waals surface area contributed by atoms with E-state index in [2.05, 4.69) is 24.0 Å². The highest BCUT2D eigenvalue weighted by atomic mass is 19.1. The molecule has 0 unspecified atom stereocenters. The summed E-state index contributed by atoms with van der Waals surface area (Å²) >= 11 is 0. The van der Waals surface area contributed by atoms with E-state index < -0.39 is 0 Å². The Morgan fingerprint density at radius 1 is 0.929 bits per heavy atom. The van der Waals surface area contributed by atoms with Gasteiger partial charge in [0.25, 0.3) is 0 Å². The summed E-state index contributed by atoms with van der Waals surface area (Å²) in [5.41, 5.74) is 3.48. The first-order valence-corrected chi connectivity index (χ1v) is 15.6. The molecular formula is C34H41FN6O. The number of carbonyl (C=O) groups is 1. The number of carbonyl (C=O) groups excluding carboxylic acids is 1. The largest absolute Gasteiger partial charge is 0.354 e. The maximum atomic E-state index is 13.8. The van der Waals surface area contributed by atoms with Gasteiger partial charge in [0, 0.05) is 32.6 Å². The van der Waals surface area contributed by atoms with Gasteiger partial charge in [-0.3, -0.25) is 4.79 Å². The molecule has 6 rings (SSSR count). The number of halogens is 1. The van der Waals surface area contributed by atoms with Crippen molar-refractivity contribution in [2.24, 2.45) is 5.92 Å². The van der Waals surface area contributed by atoms with Crippen LogP contribution in [0.25, 0.3) is 16.7 Å². The minimum atomic E-state index is -0.276. The summed E-state index contributed by atoms with van der Waals surface area (Å²) in [5.74, 6) is 2.15. The van der Waals surface area contributed by atoms with E-state index in [4.69, 9.17) is 15.1 Å². The van der Waals surface area contributed by atoms with Crippen molar-refractivity contribution in [3.8, 4) is 5.69 Å². The smallest absolute Gasteiger partial charge is 0.230 e. The summed E-state index contributed by atoms with van der Waals surface area (Å²) in [6, 6.07) is 16.5. The average molecular weight is 569 g/mol. The van der Waals surface area contributed by atoms with Crippen LogP contribution in [0.4, 0.5) is 10.2 Å². The summed E-state index contributed by atoms with van der Waals surface area (Å²) in [5, 5.41) is 5.80. The van der Waals surface area contributed by atoms with Crippen molar-refractivity contribution in [2.75, 3.05) is 31.1 Å². The molecule has 0 spiro atoms. The van der Waals surface area contributed by atoms with Crippen LogP contribution in [0.15, 0.2) is 54.6 Å². The lowest BCUT2D eigenvalue weighted by Crippen LogP contribution is -2.38. The molecule has 2 aromatic heterocycles. The molecule has 8 heteroatoms. The fourth-order valence-corrected chi connectivity index (χ4v) is 6.75. The lowest BCUT2D eigenvalue weighted by molar-refractivity contribution is -0.132. The van der Waals surface area contributed by atoms with Crippen LogP contribution in [-0.2, 0) is 11.2 Å². The van der Waals surface area contributed by atoms with E-state index in [1.807, 2.05) is 34.7 Å². The molecule has 2 aromatic carbocycles. The van der Waals surface area contributed by atoms with Crippen LogP contribution < -0.4 is 4.90 Å². The molecule has 7 nitrogen and oxygen atoms in total. The van der Waals surface area contributed by atoms with Gasteiger partial charge in [-0.1, -0.05) is 69.4 Å². The summed E-state index contributed by atoms with van der Waals surface area (Å²) in [6.45, 7) is 6.98. The molecule has 2 fully saturated rings. The van der Waals surface area contributed by atoms with Crippen molar-refractivity contribution in [3.63, 3.8) is 0 Å². The van der Waals surface area contributed by atoms with Crippen molar-refractivity contribution in [3.05, 3.63) is 77.5 Å². The van der Waals surface area contributed by atoms with Gasteiger partial charge in [-0.05, 0) is 55.5 Å². The molecule has 1 saturated carbocycles. The maximum Gasteiger partial charge on any atom is 0.230 e. The van der Waals surface area contributed by atoms with Crippen LogP contribution in [0.5, 0.6) is 0 Å². The molecule has 0 N–H and O–H groups in total. The van der Waals surface area contributed by atoms with Gasteiger partial charge < -0.3 is 9.80 Å². The number of hydrogen-bond acceptors (Lipinski definition) is 5. The van der Waals surface area contributed by atoms with Crippen LogP contribution in [0.2, 0.25) is 0 Å². The minimum Gasteiger partial charge on any atom is -0.354 e. The fraction of sp³-hybridized carbons (Fsp3) is 0.471. The van der Waals surface area contributed by atoms with E-state index in [1.54, 1.807) is 12.1 Å². The van der Waals surface area contributed by atoms with Gasteiger partial charge in [0.1, 0.15) is 17.5 Å². The SMILES string of the molecule is CC[C@H](C(=O)N1CCCN(c2nc(CC3CCCCC3)nc3c2c(C)nn3-c2ccc(F)cc2)CC1)c1ccccc1. The van der Waals surface area contributed by atoms with Gasteiger partial charge in [0.15, 0.2) is 5.65 Å². The molecule has 0 bridgehead atoms. The quantitative estimate of drug-likeness (QED) is 0.251. The van der Waals surface area contributed by atoms with E-state index in [0.29, 0.717) is 19.0 Å². The number of hydrogen-bond donors (Lipinski definition) is 0. The Balaban J connectivity index is 1.33. The van der Waals surface area contributed by atoms with Crippen LogP contribution >= 0.6 is 0 Å². The lowest BCUT2D eigenvalue weighted by Gasteiger charge is -2.27. The molecule has 4 aromatic rings. The summed E-state index contributed by atoms with van der Waals surface area (Å²) < 4.78 is 15.6. The van der Waals surface area contributed by atoms with Crippen LogP contribution in [0.1, 0.15) is 74.9 Å². The van der Waals surface area contributed by atoms with Crippen LogP contribution in [0, 0.1) is 18.7 Å². The third-order valence-corrected chi connectivity index (χ3v) is 9.01. The van der Waals surface area contributed by atoms with Crippen LogP contribution in [0.3, 0.4) is 0 Å². The second kappa shape index (κ2) is 12.6. The van der Waals surface area contributed by atoms with Crippen molar-refractivity contribution in [1.82, 2.24) is 24.6 Å². The Bertz CT molecular complexity index is 1510. The number of aryl methyl sites for hydroxylation is 1. The zero-order chi connectivity index (χ0) is 29.1. The van der Waals surface area contributed by atoms with Gasteiger partial charge in [-0.2, -0.15) is 5.10 Å². The van der Waals surface area contributed by atoms with Crippen molar-refractivity contribution in [1.29, 1.82) is 0 Å². The zero-order valence-electron chi connectivity index (χ0n) is 24.8. The van der Waals surface area contributed by atoms with Gasteiger partial charge in [-0.25, -0.2) is 19.0 Å². The Hall–Kier alpha value is -3.81. The summed E-state index contributed by atoms with van der Waals surface area (Å²) in [6.07, 6.45) is 8.78. The van der Waals surface area contributed by atoms with E-state index in [1.165, 1.54) is 44.2 Å². The number of rotatable bonds is 7. The number of fused-ring (bicyclic) bond motifs is 1. The fourth-order valence-electron chi connectivity index (χ4n) is 6.75. The second-order valence-electron chi connectivity index (χ2n) is 11.9. The normalized spacial score (nSPS) is 17.4. The molecule has 1 atom stereocenters. The first kappa shape index (κ1) is 28.3. The highest BCUT2D eigenvalue weighted by Gasteiger charge is 2.29. The maximum absolute atomic E-state index is 13.8.